The lowest BCUT2D eigenvalue weighted by atomic mass is 10.2. The zero-order valence-electron chi connectivity index (χ0n) is 11.9. The minimum atomic E-state index is -0.359. The highest BCUT2D eigenvalue weighted by Gasteiger charge is 2.31. The predicted molar refractivity (Wildman–Crippen MR) is 71.5 cm³/mol. The summed E-state index contributed by atoms with van der Waals surface area (Å²) in [6.45, 7) is 11.1. The summed E-state index contributed by atoms with van der Waals surface area (Å²) in [6.07, 6.45) is 3.29. The molecule has 18 heavy (non-hydrogen) atoms. The van der Waals surface area contributed by atoms with Crippen LogP contribution in [-0.2, 0) is 9.53 Å². The van der Waals surface area contributed by atoms with Crippen LogP contribution in [0.1, 0.15) is 40.0 Å². The Labute approximate surface area is 110 Å². The minimum absolute atomic E-state index is 0.0767. The van der Waals surface area contributed by atoms with Crippen molar-refractivity contribution in [3.05, 3.63) is 0 Å². The molecule has 104 valence electrons. The molecule has 1 heterocycles. The van der Waals surface area contributed by atoms with E-state index in [1.165, 1.54) is 25.9 Å². The van der Waals surface area contributed by atoms with Gasteiger partial charge in [-0.3, -0.25) is 9.69 Å². The molecule has 2 rings (SSSR count). The second kappa shape index (κ2) is 5.57. The van der Waals surface area contributed by atoms with Crippen LogP contribution in [-0.4, -0.2) is 60.1 Å². The van der Waals surface area contributed by atoms with Gasteiger partial charge in [0.25, 0.3) is 0 Å². The van der Waals surface area contributed by atoms with Crippen molar-refractivity contribution in [3.63, 3.8) is 0 Å². The predicted octanol–water partition coefficient (Wildman–Crippen LogP) is 1.50. The summed E-state index contributed by atoms with van der Waals surface area (Å²) in [5.41, 5.74) is -0.359. The maximum absolute atomic E-state index is 11.6. The third-order valence-corrected chi connectivity index (χ3v) is 3.52. The van der Waals surface area contributed by atoms with E-state index in [-0.39, 0.29) is 11.6 Å². The number of carbonyl (C=O) groups is 1. The molecule has 4 nitrogen and oxygen atoms in total. The third kappa shape index (κ3) is 4.58. The monoisotopic (exact) mass is 254 g/mol. The van der Waals surface area contributed by atoms with Crippen LogP contribution in [0, 0.1) is 0 Å². The molecule has 0 spiro atoms. The number of rotatable bonds is 4. The summed E-state index contributed by atoms with van der Waals surface area (Å²) in [5, 5.41) is 0. The lowest BCUT2D eigenvalue weighted by molar-refractivity contribution is -0.155. The van der Waals surface area contributed by atoms with E-state index in [0.717, 1.165) is 25.7 Å². The first-order valence-corrected chi connectivity index (χ1v) is 7.12. The quantitative estimate of drug-likeness (QED) is 0.712. The Morgan fingerprint density at radius 2 is 1.78 bits per heavy atom. The molecule has 1 saturated heterocycles. The van der Waals surface area contributed by atoms with Crippen LogP contribution in [0.4, 0.5) is 0 Å². The van der Waals surface area contributed by atoms with Gasteiger partial charge in [-0.25, -0.2) is 0 Å². The number of hydrogen-bond donors (Lipinski definition) is 0. The molecule has 2 fully saturated rings. The zero-order valence-corrected chi connectivity index (χ0v) is 11.9. The molecule has 0 atom stereocenters. The van der Waals surface area contributed by atoms with E-state index in [9.17, 15) is 4.79 Å². The van der Waals surface area contributed by atoms with Gasteiger partial charge in [0.1, 0.15) is 5.60 Å². The van der Waals surface area contributed by atoms with Crippen molar-refractivity contribution >= 4 is 5.97 Å². The Kier molecular flexibility index (Phi) is 4.28. The fraction of sp³-hybridized carbons (Fsp3) is 0.929. The van der Waals surface area contributed by atoms with E-state index in [4.69, 9.17) is 4.74 Å². The lowest BCUT2D eigenvalue weighted by Crippen LogP contribution is -2.47. The summed E-state index contributed by atoms with van der Waals surface area (Å²) in [4.78, 5) is 16.6. The van der Waals surface area contributed by atoms with Crippen molar-refractivity contribution in [2.24, 2.45) is 0 Å². The summed E-state index contributed by atoms with van der Waals surface area (Å²) in [5.74, 6) is -0.0767. The van der Waals surface area contributed by atoms with E-state index in [1.54, 1.807) is 0 Å². The van der Waals surface area contributed by atoms with E-state index >= 15 is 0 Å². The molecule has 4 heteroatoms. The molecule has 0 aromatic carbocycles. The molecule has 1 aliphatic heterocycles. The van der Waals surface area contributed by atoms with Crippen LogP contribution in [0.3, 0.4) is 0 Å². The van der Waals surface area contributed by atoms with Crippen LogP contribution < -0.4 is 0 Å². The topological polar surface area (TPSA) is 32.8 Å². The van der Waals surface area contributed by atoms with Gasteiger partial charge in [0.15, 0.2) is 0 Å². The maximum Gasteiger partial charge on any atom is 0.307 e. The van der Waals surface area contributed by atoms with Crippen LogP contribution in [0.5, 0.6) is 0 Å². The van der Waals surface area contributed by atoms with Gasteiger partial charge < -0.3 is 9.64 Å². The minimum Gasteiger partial charge on any atom is -0.460 e. The Hall–Kier alpha value is -0.610. The second-order valence-electron chi connectivity index (χ2n) is 6.45. The van der Waals surface area contributed by atoms with E-state index in [0.29, 0.717) is 6.42 Å². The molecule has 0 N–H and O–H groups in total. The molecule has 0 aromatic rings. The highest BCUT2D eigenvalue weighted by atomic mass is 16.6. The molecule has 0 unspecified atom stereocenters. The number of nitrogens with zero attached hydrogens (tertiary/aromatic N) is 2. The van der Waals surface area contributed by atoms with Gasteiger partial charge in [-0.15, -0.1) is 0 Å². The van der Waals surface area contributed by atoms with Gasteiger partial charge in [-0.1, -0.05) is 0 Å². The van der Waals surface area contributed by atoms with Gasteiger partial charge in [-0.05, 0) is 33.6 Å². The molecule has 0 radical (unpaired) electrons. The van der Waals surface area contributed by atoms with E-state index < -0.39 is 0 Å². The number of hydrogen-bond acceptors (Lipinski definition) is 4. The number of piperazine rings is 1. The summed E-state index contributed by atoms with van der Waals surface area (Å²) in [7, 11) is 0. The fourth-order valence-electron chi connectivity index (χ4n) is 2.43. The van der Waals surface area contributed by atoms with Crippen molar-refractivity contribution in [1.82, 2.24) is 9.80 Å². The van der Waals surface area contributed by atoms with Gasteiger partial charge in [0.2, 0.25) is 0 Å². The largest absolute Gasteiger partial charge is 0.460 e. The highest BCUT2D eigenvalue weighted by Crippen LogP contribution is 2.27. The second-order valence-corrected chi connectivity index (χ2v) is 6.45. The molecule has 0 aromatic heterocycles. The van der Waals surface area contributed by atoms with Crippen molar-refractivity contribution in [1.29, 1.82) is 0 Å². The molecule has 0 bridgehead atoms. The number of carbonyl (C=O) groups excluding carboxylic acids is 1. The molecule has 1 aliphatic carbocycles. The SMILES string of the molecule is CC(C)(C)OC(=O)CCN1CCN(C2CC2)CC1. The Morgan fingerprint density at radius 3 is 2.28 bits per heavy atom. The van der Waals surface area contributed by atoms with Crippen LogP contribution in [0.15, 0.2) is 0 Å². The zero-order chi connectivity index (χ0) is 13.2. The average Bonchev–Trinajstić information content (AvgIpc) is 3.08. The first-order chi connectivity index (χ1) is 8.44. The van der Waals surface area contributed by atoms with Crippen LogP contribution in [0.25, 0.3) is 0 Å². The van der Waals surface area contributed by atoms with Crippen molar-refractivity contribution in [2.75, 3.05) is 32.7 Å². The van der Waals surface area contributed by atoms with Gasteiger partial charge in [0, 0.05) is 38.8 Å². The molecule has 2 aliphatic rings. The van der Waals surface area contributed by atoms with Crippen molar-refractivity contribution in [3.8, 4) is 0 Å². The third-order valence-electron chi connectivity index (χ3n) is 3.52. The first-order valence-electron chi connectivity index (χ1n) is 7.12. The van der Waals surface area contributed by atoms with Crippen LogP contribution >= 0.6 is 0 Å². The normalized spacial score (nSPS) is 23.1. The van der Waals surface area contributed by atoms with E-state index in [2.05, 4.69) is 9.80 Å². The van der Waals surface area contributed by atoms with Crippen LogP contribution in [0.2, 0.25) is 0 Å². The number of esters is 1. The maximum atomic E-state index is 11.6. The van der Waals surface area contributed by atoms with Crippen molar-refractivity contribution < 1.29 is 9.53 Å². The van der Waals surface area contributed by atoms with Gasteiger partial charge in [-0.2, -0.15) is 0 Å². The highest BCUT2D eigenvalue weighted by molar-refractivity contribution is 5.70. The summed E-state index contributed by atoms with van der Waals surface area (Å²) < 4.78 is 5.32. The Balaban J connectivity index is 1.61. The number of ether oxygens (including phenoxy) is 1. The summed E-state index contributed by atoms with van der Waals surface area (Å²) >= 11 is 0. The van der Waals surface area contributed by atoms with Gasteiger partial charge >= 0.3 is 5.97 Å². The molecular formula is C14H26N2O2. The lowest BCUT2D eigenvalue weighted by Gasteiger charge is -2.34. The van der Waals surface area contributed by atoms with Gasteiger partial charge in [0.05, 0.1) is 6.42 Å². The van der Waals surface area contributed by atoms with Crippen molar-refractivity contribution in [2.45, 2.75) is 51.7 Å². The average molecular weight is 254 g/mol. The molecule has 1 saturated carbocycles. The molecule has 0 amide bonds. The standard InChI is InChI=1S/C14H26N2O2/c1-14(2,3)18-13(17)6-7-15-8-10-16(11-9-15)12-4-5-12/h12H,4-11H2,1-3H3. The first kappa shape index (κ1) is 13.8. The smallest absolute Gasteiger partial charge is 0.307 e. The van der Waals surface area contributed by atoms with E-state index in [1.807, 2.05) is 20.8 Å². The summed E-state index contributed by atoms with van der Waals surface area (Å²) in [6, 6.07) is 0.873. The Bertz CT molecular complexity index is 287. The molecular weight excluding hydrogens is 228 g/mol. The Morgan fingerprint density at radius 1 is 1.17 bits per heavy atom. The fourth-order valence-corrected chi connectivity index (χ4v) is 2.43.